The fourth-order valence-electron chi connectivity index (χ4n) is 0.606. The fraction of sp³-hybridized carbons (Fsp3) is 0. The summed E-state index contributed by atoms with van der Waals surface area (Å²) < 4.78 is 1.46. The Morgan fingerprint density at radius 1 is 1.64 bits per heavy atom. The molecule has 5 heteroatoms. The number of rotatable bonds is 0. The molecular weight excluding hydrogens is 278 g/mol. The fourth-order valence-corrected chi connectivity index (χ4v) is 1.32. The van der Waals surface area contributed by atoms with E-state index >= 15 is 0 Å². The van der Waals surface area contributed by atoms with E-state index < -0.39 is 0 Å². The molecular formula is C6H3ClIN2O+. The summed E-state index contributed by atoms with van der Waals surface area (Å²) in [7, 11) is 0. The summed E-state index contributed by atoms with van der Waals surface area (Å²) in [5, 5.41) is 17.8. The predicted molar refractivity (Wildman–Crippen MR) is 46.3 cm³/mol. The Kier molecular flexibility index (Phi) is 2.52. The SMILES string of the molecule is N#Cc1c[n+](O)cc(I)c1Cl. The summed E-state index contributed by atoms with van der Waals surface area (Å²) in [4.78, 5) is 0. The quantitative estimate of drug-likeness (QED) is 0.443. The lowest BCUT2D eigenvalue weighted by Crippen LogP contribution is -2.29. The average Bonchev–Trinajstić information content (AvgIpc) is 1.96. The normalized spacial score (nSPS) is 9.18. The van der Waals surface area contributed by atoms with Gasteiger partial charge in [0, 0.05) is 4.73 Å². The number of aromatic nitrogens is 1. The molecule has 0 atom stereocenters. The van der Waals surface area contributed by atoms with Crippen molar-refractivity contribution >= 4 is 34.2 Å². The first-order valence-electron chi connectivity index (χ1n) is 2.65. The van der Waals surface area contributed by atoms with Gasteiger partial charge in [0.2, 0.25) is 12.4 Å². The van der Waals surface area contributed by atoms with Gasteiger partial charge in [0.25, 0.3) is 0 Å². The van der Waals surface area contributed by atoms with Gasteiger partial charge in [-0.25, -0.2) is 0 Å². The van der Waals surface area contributed by atoms with Crippen LogP contribution in [0.5, 0.6) is 0 Å². The summed E-state index contributed by atoms with van der Waals surface area (Å²) in [6.45, 7) is 0. The molecule has 3 nitrogen and oxygen atoms in total. The van der Waals surface area contributed by atoms with Gasteiger partial charge in [0.1, 0.15) is 15.2 Å². The van der Waals surface area contributed by atoms with Gasteiger partial charge in [0.15, 0.2) is 0 Å². The molecule has 0 fully saturated rings. The molecule has 0 aromatic carbocycles. The van der Waals surface area contributed by atoms with Gasteiger partial charge in [-0.15, -0.1) is 0 Å². The summed E-state index contributed by atoms with van der Waals surface area (Å²) in [6, 6.07) is 1.86. The minimum absolute atomic E-state index is 0.265. The highest BCUT2D eigenvalue weighted by Gasteiger charge is 2.11. The van der Waals surface area contributed by atoms with Crippen LogP contribution in [0.25, 0.3) is 0 Å². The number of pyridine rings is 1. The maximum absolute atomic E-state index is 8.95. The summed E-state index contributed by atoms with van der Waals surface area (Å²) >= 11 is 7.65. The Bertz CT molecular complexity index is 334. The van der Waals surface area contributed by atoms with Gasteiger partial charge < -0.3 is 0 Å². The van der Waals surface area contributed by atoms with Crippen molar-refractivity contribution in [3.05, 3.63) is 26.5 Å². The van der Waals surface area contributed by atoms with Crippen LogP contribution in [0, 0.1) is 14.9 Å². The van der Waals surface area contributed by atoms with E-state index in [1.165, 1.54) is 12.4 Å². The highest BCUT2D eigenvalue weighted by molar-refractivity contribution is 14.1. The smallest absolute Gasteiger partial charge is 0.241 e. The van der Waals surface area contributed by atoms with E-state index in [4.69, 9.17) is 22.1 Å². The van der Waals surface area contributed by atoms with Crippen LogP contribution in [0.4, 0.5) is 0 Å². The van der Waals surface area contributed by atoms with Crippen molar-refractivity contribution < 1.29 is 9.94 Å². The lowest BCUT2D eigenvalue weighted by molar-refractivity contribution is -0.905. The van der Waals surface area contributed by atoms with Crippen LogP contribution >= 0.6 is 34.2 Å². The molecule has 0 amide bonds. The largest absolute Gasteiger partial charge is 0.285 e. The predicted octanol–water partition coefficient (Wildman–Crippen LogP) is 1.34. The number of nitrogens with zero attached hydrogens (tertiary/aromatic N) is 2. The Labute approximate surface area is 81.9 Å². The molecule has 11 heavy (non-hydrogen) atoms. The van der Waals surface area contributed by atoms with E-state index in [1.807, 2.05) is 28.7 Å². The van der Waals surface area contributed by atoms with E-state index in [0.717, 1.165) is 4.73 Å². The molecule has 1 aromatic heterocycles. The van der Waals surface area contributed by atoms with Gasteiger partial charge in [-0.2, -0.15) is 5.26 Å². The van der Waals surface area contributed by atoms with Gasteiger partial charge in [-0.1, -0.05) is 11.6 Å². The van der Waals surface area contributed by atoms with Crippen LogP contribution in [-0.2, 0) is 0 Å². The zero-order chi connectivity index (χ0) is 8.43. The first-order chi connectivity index (χ1) is 5.15. The van der Waals surface area contributed by atoms with Crippen LogP contribution < -0.4 is 4.73 Å². The molecule has 1 rings (SSSR count). The maximum Gasteiger partial charge on any atom is 0.241 e. The molecule has 56 valence electrons. The first-order valence-corrected chi connectivity index (χ1v) is 4.10. The van der Waals surface area contributed by atoms with E-state index in [2.05, 4.69) is 0 Å². The molecule has 0 bridgehead atoms. The molecule has 0 unspecified atom stereocenters. The Hall–Kier alpha value is -0.540. The number of hydrogen-bond donors (Lipinski definition) is 1. The van der Waals surface area contributed by atoms with E-state index in [9.17, 15) is 0 Å². The summed E-state index contributed by atoms with van der Waals surface area (Å²) in [5.74, 6) is 0. The number of hydrogen-bond acceptors (Lipinski definition) is 2. The summed E-state index contributed by atoms with van der Waals surface area (Å²) in [5.41, 5.74) is 0.265. The molecule has 0 radical (unpaired) electrons. The van der Waals surface area contributed by atoms with Crippen molar-refractivity contribution in [2.24, 2.45) is 0 Å². The number of halogens is 2. The highest BCUT2D eigenvalue weighted by atomic mass is 127. The Balaban J connectivity index is 3.39. The molecule has 0 saturated carbocycles. The molecule has 0 spiro atoms. The van der Waals surface area contributed by atoms with Gasteiger partial charge in [-0.05, 0) is 22.6 Å². The minimum atomic E-state index is 0.265. The highest BCUT2D eigenvalue weighted by Crippen LogP contribution is 2.19. The monoisotopic (exact) mass is 281 g/mol. The van der Waals surface area contributed by atoms with Crippen molar-refractivity contribution in [2.45, 2.75) is 0 Å². The average molecular weight is 281 g/mol. The number of nitriles is 1. The standard InChI is InChI=1S/C6H3ClIN2O/c7-6-4(1-9)2-10(11)3-5(6)8/h2-3,11H/q+1. The summed E-state index contributed by atoms with van der Waals surface area (Å²) in [6.07, 6.45) is 2.67. The van der Waals surface area contributed by atoms with Crippen LogP contribution in [-0.4, -0.2) is 5.21 Å². The molecule has 1 aromatic rings. The second kappa shape index (κ2) is 3.24. The van der Waals surface area contributed by atoms with Crippen molar-refractivity contribution in [2.75, 3.05) is 0 Å². The molecule has 1 heterocycles. The molecule has 0 aliphatic rings. The van der Waals surface area contributed by atoms with Crippen LogP contribution in [0.2, 0.25) is 5.02 Å². The van der Waals surface area contributed by atoms with E-state index in [0.29, 0.717) is 8.59 Å². The minimum Gasteiger partial charge on any atom is -0.285 e. The molecule has 0 aliphatic heterocycles. The Morgan fingerprint density at radius 3 is 2.82 bits per heavy atom. The third-order valence-electron chi connectivity index (χ3n) is 1.07. The second-order valence-electron chi connectivity index (χ2n) is 1.83. The van der Waals surface area contributed by atoms with Gasteiger partial charge >= 0.3 is 0 Å². The van der Waals surface area contributed by atoms with Crippen molar-refractivity contribution in [3.63, 3.8) is 0 Å². The van der Waals surface area contributed by atoms with Crippen LogP contribution in [0.3, 0.4) is 0 Å². The van der Waals surface area contributed by atoms with E-state index in [-0.39, 0.29) is 5.56 Å². The lowest BCUT2D eigenvalue weighted by atomic mass is 10.3. The van der Waals surface area contributed by atoms with Crippen molar-refractivity contribution in [1.29, 1.82) is 5.26 Å². The van der Waals surface area contributed by atoms with Crippen molar-refractivity contribution in [3.8, 4) is 6.07 Å². The third kappa shape index (κ3) is 1.73. The topological polar surface area (TPSA) is 47.9 Å². The zero-order valence-electron chi connectivity index (χ0n) is 5.25. The molecule has 1 N–H and O–H groups in total. The van der Waals surface area contributed by atoms with Gasteiger partial charge in [-0.3, -0.25) is 5.21 Å². The Morgan fingerprint density at radius 2 is 2.27 bits per heavy atom. The molecule has 0 aliphatic carbocycles. The second-order valence-corrected chi connectivity index (χ2v) is 3.37. The van der Waals surface area contributed by atoms with Crippen LogP contribution in [0.1, 0.15) is 5.56 Å². The third-order valence-corrected chi connectivity index (χ3v) is 2.62. The van der Waals surface area contributed by atoms with Crippen LogP contribution in [0.15, 0.2) is 12.4 Å². The van der Waals surface area contributed by atoms with Gasteiger partial charge in [0.05, 0.1) is 5.02 Å². The zero-order valence-corrected chi connectivity index (χ0v) is 8.17. The van der Waals surface area contributed by atoms with Crippen molar-refractivity contribution in [1.82, 2.24) is 0 Å². The lowest BCUT2D eigenvalue weighted by Gasteiger charge is -1.92. The molecule has 0 saturated heterocycles. The van der Waals surface area contributed by atoms with E-state index in [1.54, 1.807) is 0 Å². The first kappa shape index (κ1) is 8.56. The maximum atomic E-state index is 8.95.